The first-order chi connectivity index (χ1) is 7.58. The van der Waals surface area contributed by atoms with Crippen molar-refractivity contribution in [2.45, 2.75) is 26.7 Å². The average Bonchev–Trinajstić information content (AvgIpc) is 2.29. The molecule has 0 aliphatic heterocycles. The monoisotopic (exact) mass is 224 g/mol. The number of ketones is 2. The molecule has 0 fully saturated rings. The molecule has 0 radical (unpaired) electrons. The van der Waals surface area contributed by atoms with Gasteiger partial charge in [0, 0.05) is 11.1 Å². The van der Waals surface area contributed by atoms with Gasteiger partial charge in [0.05, 0.1) is 14.2 Å². The summed E-state index contributed by atoms with van der Waals surface area (Å²) in [6.45, 7) is 3.61. The van der Waals surface area contributed by atoms with E-state index >= 15 is 0 Å². The average molecular weight is 224 g/mol. The first kappa shape index (κ1) is 12.5. The van der Waals surface area contributed by atoms with Crippen LogP contribution in [-0.4, -0.2) is 25.8 Å². The van der Waals surface area contributed by atoms with Crippen molar-refractivity contribution in [3.05, 3.63) is 22.7 Å². The maximum atomic E-state index is 12.0. The molecule has 0 heterocycles. The molecule has 0 bridgehead atoms. The smallest absolute Gasteiger partial charge is 0.228 e. The van der Waals surface area contributed by atoms with E-state index in [9.17, 15) is 9.59 Å². The van der Waals surface area contributed by atoms with Crippen molar-refractivity contribution in [1.29, 1.82) is 0 Å². The van der Waals surface area contributed by atoms with Gasteiger partial charge in [-0.2, -0.15) is 0 Å². The van der Waals surface area contributed by atoms with E-state index in [1.807, 2.05) is 6.92 Å². The fraction of sp³-hybridized carbons (Fsp3) is 0.500. The Morgan fingerprint density at radius 2 is 1.50 bits per heavy atom. The number of hydrogen-bond donors (Lipinski definition) is 0. The van der Waals surface area contributed by atoms with Gasteiger partial charge in [0.25, 0.3) is 0 Å². The largest absolute Gasteiger partial charge is 0.489 e. The quantitative estimate of drug-likeness (QED) is 0.683. The Morgan fingerprint density at radius 3 is 1.94 bits per heavy atom. The summed E-state index contributed by atoms with van der Waals surface area (Å²) < 4.78 is 9.88. The lowest BCUT2D eigenvalue weighted by Gasteiger charge is -2.19. The molecule has 88 valence electrons. The molecule has 0 aromatic heterocycles. The summed E-state index contributed by atoms with van der Waals surface area (Å²) in [5, 5.41) is 0. The molecule has 0 atom stereocenters. The molecular weight excluding hydrogens is 208 g/mol. The van der Waals surface area contributed by atoms with Crippen LogP contribution in [0.15, 0.2) is 22.7 Å². The van der Waals surface area contributed by atoms with Crippen molar-refractivity contribution in [2.75, 3.05) is 14.2 Å². The van der Waals surface area contributed by atoms with Crippen LogP contribution < -0.4 is 0 Å². The normalized spacial score (nSPS) is 17.0. The van der Waals surface area contributed by atoms with Crippen molar-refractivity contribution < 1.29 is 19.1 Å². The topological polar surface area (TPSA) is 52.6 Å². The van der Waals surface area contributed by atoms with Crippen LogP contribution in [0.5, 0.6) is 0 Å². The van der Waals surface area contributed by atoms with Crippen LogP contribution in [0.3, 0.4) is 0 Å². The molecule has 0 N–H and O–H groups in total. The summed E-state index contributed by atoms with van der Waals surface area (Å²) >= 11 is 0. The minimum absolute atomic E-state index is 0.00449. The minimum Gasteiger partial charge on any atom is -0.489 e. The van der Waals surface area contributed by atoms with Gasteiger partial charge in [0.15, 0.2) is 0 Å². The highest BCUT2D eigenvalue weighted by molar-refractivity contribution is 6.23. The van der Waals surface area contributed by atoms with Crippen LogP contribution >= 0.6 is 0 Å². The van der Waals surface area contributed by atoms with E-state index < -0.39 is 0 Å². The van der Waals surface area contributed by atoms with Crippen LogP contribution in [0.1, 0.15) is 26.7 Å². The van der Waals surface area contributed by atoms with Gasteiger partial charge in [-0.1, -0.05) is 13.3 Å². The number of carbonyl (C=O) groups excluding carboxylic acids is 2. The van der Waals surface area contributed by atoms with Gasteiger partial charge in [0.2, 0.25) is 23.1 Å². The Hall–Kier alpha value is -1.58. The third kappa shape index (κ3) is 1.87. The lowest BCUT2D eigenvalue weighted by molar-refractivity contribution is -0.121. The first-order valence-electron chi connectivity index (χ1n) is 5.19. The maximum Gasteiger partial charge on any atom is 0.228 e. The van der Waals surface area contributed by atoms with Gasteiger partial charge in [-0.05, 0) is 13.3 Å². The van der Waals surface area contributed by atoms with Crippen molar-refractivity contribution in [1.82, 2.24) is 0 Å². The van der Waals surface area contributed by atoms with E-state index in [1.165, 1.54) is 14.2 Å². The summed E-state index contributed by atoms with van der Waals surface area (Å²) in [6.07, 6.45) is 1.39. The van der Waals surface area contributed by atoms with Crippen LogP contribution in [0.25, 0.3) is 0 Å². The van der Waals surface area contributed by atoms with E-state index in [2.05, 4.69) is 0 Å². The highest BCUT2D eigenvalue weighted by atomic mass is 16.5. The van der Waals surface area contributed by atoms with Crippen molar-refractivity contribution in [2.24, 2.45) is 0 Å². The Morgan fingerprint density at radius 1 is 1.00 bits per heavy atom. The van der Waals surface area contributed by atoms with E-state index in [-0.39, 0.29) is 23.1 Å². The summed E-state index contributed by atoms with van der Waals surface area (Å²) in [4.78, 5) is 23.9. The molecule has 4 nitrogen and oxygen atoms in total. The van der Waals surface area contributed by atoms with Crippen LogP contribution in [0.4, 0.5) is 0 Å². The maximum absolute atomic E-state index is 12.0. The molecule has 1 aliphatic carbocycles. The number of allylic oxidation sites excluding steroid dienone is 2. The van der Waals surface area contributed by atoms with Crippen LogP contribution in [0, 0.1) is 0 Å². The number of methoxy groups -OCH3 is 2. The molecule has 16 heavy (non-hydrogen) atoms. The zero-order valence-electron chi connectivity index (χ0n) is 10.0. The number of ether oxygens (including phenoxy) is 2. The van der Waals surface area contributed by atoms with E-state index in [1.54, 1.807) is 6.92 Å². The van der Waals surface area contributed by atoms with Gasteiger partial charge in [-0.15, -0.1) is 0 Å². The lowest BCUT2D eigenvalue weighted by Crippen LogP contribution is -2.24. The molecule has 1 rings (SSSR count). The summed E-state index contributed by atoms with van der Waals surface area (Å²) in [7, 11) is 2.72. The number of rotatable bonds is 4. The summed E-state index contributed by atoms with van der Waals surface area (Å²) in [5.74, 6) is -0.480. The number of carbonyl (C=O) groups is 2. The van der Waals surface area contributed by atoms with Gasteiger partial charge < -0.3 is 9.47 Å². The van der Waals surface area contributed by atoms with E-state index in [0.29, 0.717) is 17.6 Å². The Kier molecular flexibility index (Phi) is 3.88. The highest BCUT2D eigenvalue weighted by Crippen LogP contribution is 2.27. The molecule has 0 unspecified atom stereocenters. The molecule has 0 saturated heterocycles. The lowest BCUT2D eigenvalue weighted by atomic mass is 9.90. The van der Waals surface area contributed by atoms with Crippen molar-refractivity contribution in [3.8, 4) is 0 Å². The molecular formula is C12H16O4. The zero-order chi connectivity index (χ0) is 12.3. The van der Waals surface area contributed by atoms with Crippen molar-refractivity contribution >= 4 is 11.6 Å². The van der Waals surface area contributed by atoms with Crippen LogP contribution in [-0.2, 0) is 19.1 Å². The SMILES string of the molecule is CCCC1=C(C)C(=O)C(OC)=C(OC)C1=O. The third-order valence-corrected chi connectivity index (χ3v) is 2.59. The molecule has 4 heteroatoms. The van der Waals surface area contributed by atoms with E-state index in [4.69, 9.17) is 9.47 Å². The third-order valence-electron chi connectivity index (χ3n) is 2.59. The predicted octanol–water partition coefficient (Wildman–Crippen LogP) is 1.76. The summed E-state index contributed by atoms with van der Waals surface area (Å²) in [5.41, 5.74) is 0.995. The predicted molar refractivity (Wildman–Crippen MR) is 58.7 cm³/mol. The molecule has 1 aliphatic rings. The molecule has 0 aromatic carbocycles. The highest BCUT2D eigenvalue weighted by Gasteiger charge is 2.33. The fourth-order valence-corrected chi connectivity index (χ4v) is 1.74. The summed E-state index contributed by atoms with van der Waals surface area (Å²) in [6, 6.07) is 0. The van der Waals surface area contributed by atoms with Gasteiger partial charge in [-0.3, -0.25) is 9.59 Å². The second-order valence-corrected chi connectivity index (χ2v) is 3.58. The van der Waals surface area contributed by atoms with Crippen molar-refractivity contribution in [3.63, 3.8) is 0 Å². The van der Waals surface area contributed by atoms with Crippen LogP contribution in [0.2, 0.25) is 0 Å². The van der Waals surface area contributed by atoms with Gasteiger partial charge in [0.1, 0.15) is 0 Å². The molecule has 0 aromatic rings. The second-order valence-electron chi connectivity index (χ2n) is 3.58. The molecule has 0 spiro atoms. The Balaban J connectivity index is 3.25. The zero-order valence-corrected chi connectivity index (χ0v) is 10.0. The first-order valence-corrected chi connectivity index (χ1v) is 5.19. The Labute approximate surface area is 94.9 Å². The molecule has 0 amide bonds. The van der Waals surface area contributed by atoms with Gasteiger partial charge >= 0.3 is 0 Å². The number of hydrogen-bond acceptors (Lipinski definition) is 4. The fourth-order valence-electron chi connectivity index (χ4n) is 1.74. The number of Topliss-reactive ketones (excluding diaryl/α,β-unsaturated/α-hetero) is 2. The minimum atomic E-state index is -0.262. The van der Waals surface area contributed by atoms with Gasteiger partial charge in [-0.25, -0.2) is 0 Å². The standard InChI is InChI=1S/C12H16O4/c1-5-6-8-7(2)9(13)11(15-3)12(16-4)10(8)14/h5-6H2,1-4H3. The second kappa shape index (κ2) is 4.96. The Bertz CT molecular complexity index is 388. The molecule has 0 saturated carbocycles. The van der Waals surface area contributed by atoms with E-state index in [0.717, 1.165) is 6.42 Å².